The van der Waals surface area contributed by atoms with Crippen LogP contribution in [-0.4, -0.2) is 28.2 Å². The standard InChI is InChI=1S/C12H25NO2/c1-9(2)13(11(3,4)5)10(14)15-12(6,7)8/h9H,1-8H3. The Labute approximate surface area is 93.8 Å². The fraction of sp³-hybridized carbons (Fsp3) is 0.917. The number of rotatable bonds is 1. The van der Waals surface area contributed by atoms with E-state index >= 15 is 0 Å². The molecule has 0 radical (unpaired) electrons. The van der Waals surface area contributed by atoms with Crippen LogP contribution in [0, 0.1) is 0 Å². The van der Waals surface area contributed by atoms with Gasteiger partial charge in [-0.3, -0.25) is 0 Å². The third-order valence-corrected chi connectivity index (χ3v) is 1.83. The van der Waals surface area contributed by atoms with Crippen LogP contribution in [-0.2, 0) is 4.74 Å². The maximum Gasteiger partial charge on any atom is 0.410 e. The summed E-state index contributed by atoms with van der Waals surface area (Å²) in [4.78, 5) is 13.7. The Morgan fingerprint density at radius 1 is 1.07 bits per heavy atom. The van der Waals surface area contributed by atoms with E-state index < -0.39 is 5.60 Å². The van der Waals surface area contributed by atoms with Crippen LogP contribution in [0.5, 0.6) is 0 Å². The smallest absolute Gasteiger partial charge is 0.410 e. The van der Waals surface area contributed by atoms with E-state index in [1.807, 2.05) is 55.4 Å². The Hall–Kier alpha value is -0.730. The van der Waals surface area contributed by atoms with Crippen molar-refractivity contribution in [1.29, 1.82) is 0 Å². The Kier molecular flexibility index (Phi) is 4.20. The highest BCUT2D eigenvalue weighted by atomic mass is 16.6. The number of carbonyl (C=O) groups is 1. The van der Waals surface area contributed by atoms with Crippen molar-refractivity contribution in [1.82, 2.24) is 4.90 Å². The van der Waals surface area contributed by atoms with E-state index in [1.54, 1.807) is 4.90 Å². The van der Waals surface area contributed by atoms with E-state index in [0.717, 1.165) is 0 Å². The lowest BCUT2D eigenvalue weighted by Crippen LogP contribution is -2.51. The van der Waals surface area contributed by atoms with Crippen molar-refractivity contribution in [2.24, 2.45) is 0 Å². The quantitative estimate of drug-likeness (QED) is 0.670. The average Bonchev–Trinajstić information content (AvgIpc) is 1.74. The van der Waals surface area contributed by atoms with Crippen LogP contribution in [0.25, 0.3) is 0 Å². The summed E-state index contributed by atoms with van der Waals surface area (Å²) in [6.45, 7) is 15.7. The molecule has 0 bridgehead atoms. The second-order valence-electron chi connectivity index (χ2n) is 6.11. The van der Waals surface area contributed by atoms with E-state index in [9.17, 15) is 4.79 Å². The molecule has 90 valence electrons. The van der Waals surface area contributed by atoms with Gasteiger partial charge in [-0.15, -0.1) is 0 Å². The Morgan fingerprint density at radius 3 is 1.67 bits per heavy atom. The molecule has 0 aliphatic carbocycles. The predicted octanol–water partition coefficient (Wildman–Crippen LogP) is 3.43. The normalized spacial score (nSPS) is 12.9. The van der Waals surface area contributed by atoms with Crippen molar-refractivity contribution in [2.75, 3.05) is 0 Å². The lowest BCUT2D eigenvalue weighted by atomic mass is 10.0. The van der Waals surface area contributed by atoms with Crippen LogP contribution in [0.2, 0.25) is 0 Å². The van der Waals surface area contributed by atoms with E-state index in [-0.39, 0.29) is 17.7 Å². The lowest BCUT2D eigenvalue weighted by Gasteiger charge is -2.39. The predicted molar refractivity (Wildman–Crippen MR) is 63.0 cm³/mol. The second-order valence-corrected chi connectivity index (χ2v) is 6.11. The fourth-order valence-electron chi connectivity index (χ4n) is 1.57. The summed E-state index contributed by atoms with van der Waals surface area (Å²) in [5.41, 5.74) is -0.647. The van der Waals surface area contributed by atoms with E-state index in [1.165, 1.54) is 0 Å². The third-order valence-electron chi connectivity index (χ3n) is 1.83. The van der Waals surface area contributed by atoms with Crippen molar-refractivity contribution in [3.8, 4) is 0 Å². The minimum atomic E-state index is -0.435. The molecule has 1 amide bonds. The summed E-state index contributed by atoms with van der Waals surface area (Å²) in [5.74, 6) is 0. The first-order valence-corrected chi connectivity index (χ1v) is 5.47. The highest BCUT2D eigenvalue weighted by Gasteiger charge is 2.32. The summed E-state index contributed by atoms with van der Waals surface area (Å²) in [6.07, 6.45) is -0.245. The van der Waals surface area contributed by atoms with Crippen molar-refractivity contribution in [3.05, 3.63) is 0 Å². The number of hydrogen-bond donors (Lipinski definition) is 0. The molecule has 0 aromatic rings. The van der Waals surface area contributed by atoms with E-state index in [2.05, 4.69) is 0 Å². The molecule has 0 N–H and O–H groups in total. The molecule has 0 aromatic carbocycles. The Morgan fingerprint density at radius 2 is 1.47 bits per heavy atom. The van der Waals surface area contributed by atoms with Gasteiger partial charge in [0.1, 0.15) is 5.60 Å². The first-order chi connectivity index (χ1) is 6.45. The van der Waals surface area contributed by atoms with Gasteiger partial charge in [-0.25, -0.2) is 4.79 Å². The van der Waals surface area contributed by atoms with Crippen molar-refractivity contribution >= 4 is 6.09 Å². The molecule has 0 fully saturated rings. The van der Waals surface area contributed by atoms with Gasteiger partial charge in [-0.2, -0.15) is 0 Å². The lowest BCUT2D eigenvalue weighted by molar-refractivity contribution is -0.00277. The minimum Gasteiger partial charge on any atom is -0.444 e. The zero-order valence-corrected chi connectivity index (χ0v) is 11.3. The van der Waals surface area contributed by atoms with Gasteiger partial charge in [-0.05, 0) is 55.4 Å². The second kappa shape index (κ2) is 4.42. The van der Waals surface area contributed by atoms with Crippen LogP contribution in [0.4, 0.5) is 4.79 Å². The van der Waals surface area contributed by atoms with Gasteiger partial charge >= 0.3 is 6.09 Å². The molecule has 3 heteroatoms. The fourth-order valence-corrected chi connectivity index (χ4v) is 1.57. The molecule has 0 aromatic heterocycles. The number of carbonyl (C=O) groups excluding carboxylic acids is 1. The Bertz CT molecular complexity index is 221. The molecule has 0 atom stereocenters. The summed E-state index contributed by atoms with van der Waals surface area (Å²) < 4.78 is 5.37. The molecular formula is C12H25NO2. The summed E-state index contributed by atoms with van der Waals surface area (Å²) >= 11 is 0. The average molecular weight is 215 g/mol. The molecule has 3 nitrogen and oxygen atoms in total. The molecule has 0 rings (SSSR count). The molecule has 0 heterocycles. The molecule has 0 saturated heterocycles. The molecule has 0 saturated carbocycles. The van der Waals surface area contributed by atoms with Crippen LogP contribution in [0.3, 0.4) is 0 Å². The topological polar surface area (TPSA) is 29.5 Å². The highest BCUT2D eigenvalue weighted by molar-refractivity contribution is 5.69. The molecule has 15 heavy (non-hydrogen) atoms. The maximum absolute atomic E-state index is 12.0. The van der Waals surface area contributed by atoms with E-state index in [4.69, 9.17) is 4.74 Å². The Balaban J connectivity index is 4.74. The summed E-state index contributed by atoms with van der Waals surface area (Å²) in [7, 11) is 0. The minimum absolute atomic E-state index is 0.139. The third kappa shape index (κ3) is 5.05. The van der Waals surface area contributed by atoms with Crippen LogP contribution < -0.4 is 0 Å². The van der Waals surface area contributed by atoms with Gasteiger partial charge < -0.3 is 9.64 Å². The number of amides is 1. The number of nitrogens with zero attached hydrogens (tertiary/aromatic N) is 1. The zero-order valence-electron chi connectivity index (χ0n) is 11.3. The first kappa shape index (κ1) is 14.3. The molecular weight excluding hydrogens is 190 g/mol. The summed E-state index contributed by atoms with van der Waals surface area (Å²) in [5, 5.41) is 0. The largest absolute Gasteiger partial charge is 0.444 e. The zero-order chi connectivity index (χ0) is 12.4. The van der Waals surface area contributed by atoms with Gasteiger partial charge in [0.15, 0.2) is 0 Å². The molecule has 0 spiro atoms. The molecule has 0 aliphatic heterocycles. The van der Waals surface area contributed by atoms with Crippen molar-refractivity contribution < 1.29 is 9.53 Å². The number of hydrogen-bond acceptors (Lipinski definition) is 2. The van der Waals surface area contributed by atoms with Gasteiger partial charge in [-0.1, -0.05) is 0 Å². The maximum atomic E-state index is 12.0. The van der Waals surface area contributed by atoms with Crippen LogP contribution >= 0.6 is 0 Å². The van der Waals surface area contributed by atoms with Crippen LogP contribution in [0.15, 0.2) is 0 Å². The number of ether oxygens (including phenoxy) is 1. The van der Waals surface area contributed by atoms with Gasteiger partial charge in [0, 0.05) is 11.6 Å². The molecule has 0 unspecified atom stereocenters. The van der Waals surface area contributed by atoms with Gasteiger partial charge in [0.25, 0.3) is 0 Å². The monoisotopic (exact) mass is 215 g/mol. The van der Waals surface area contributed by atoms with Gasteiger partial charge in [0.2, 0.25) is 0 Å². The highest BCUT2D eigenvalue weighted by Crippen LogP contribution is 2.20. The van der Waals surface area contributed by atoms with E-state index in [0.29, 0.717) is 0 Å². The summed E-state index contributed by atoms with van der Waals surface area (Å²) in [6, 6.07) is 0.139. The van der Waals surface area contributed by atoms with Gasteiger partial charge in [0.05, 0.1) is 0 Å². The molecule has 0 aliphatic rings. The SMILES string of the molecule is CC(C)N(C(=O)OC(C)(C)C)C(C)(C)C. The van der Waals surface area contributed by atoms with Crippen LogP contribution in [0.1, 0.15) is 55.4 Å². The van der Waals surface area contributed by atoms with Crippen molar-refractivity contribution in [3.63, 3.8) is 0 Å². The first-order valence-electron chi connectivity index (χ1n) is 5.47. The van der Waals surface area contributed by atoms with Crippen molar-refractivity contribution in [2.45, 2.75) is 72.6 Å².